The molecule has 1 unspecified atom stereocenters. The van der Waals surface area contributed by atoms with Gasteiger partial charge in [0.25, 0.3) is 0 Å². The highest BCUT2D eigenvalue weighted by Crippen LogP contribution is 2.35. The van der Waals surface area contributed by atoms with Crippen molar-refractivity contribution >= 4 is 15.9 Å². The van der Waals surface area contributed by atoms with E-state index < -0.39 is 0 Å². The van der Waals surface area contributed by atoms with Crippen LogP contribution in [0.5, 0.6) is 5.75 Å². The standard InChI is InChI=1S/C16H19BrN2O/c1-10-7-8-12(16(20-4)11(10)2)14(18-3)15-13(17)6-5-9-19-15/h5-9,14,18H,1-4H3. The van der Waals surface area contributed by atoms with Crippen LogP contribution in [0.3, 0.4) is 0 Å². The smallest absolute Gasteiger partial charge is 0.127 e. The molecule has 1 aromatic heterocycles. The number of ether oxygens (including phenoxy) is 1. The van der Waals surface area contributed by atoms with Gasteiger partial charge in [0.1, 0.15) is 5.75 Å². The minimum absolute atomic E-state index is 0.0141. The lowest BCUT2D eigenvalue weighted by atomic mass is 9.97. The van der Waals surface area contributed by atoms with Gasteiger partial charge in [-0.25, -0.2) is 0 Å². The van der Waals surface area contributed by atoms with Crippen molar-refractivity contribution in [2.75, 3.05) is 14.2 Å². The summed E-state index contributed by atoms with van der Waals surface area (Å²) in [5.74, 6) is 0.918. The van der Waals surface area contributed by atoms with Crippen LogP contribution < -0.4 is 10.1 Å². The Bertz CT molecular complexity index is 613. The molecule has 0 saturated heterocycles. The fourth-order valence-corrected chi connectivity index (χ4v) is 2.84. The zero-order chi connectivity index (χ0) is 14.7. The second-order valence-corrected chi connectivity index (χ2v) is 5.58. The third-order valence-electron chi connectivity index (χ3n) is 3.57. The number of nitrogens with zero attached hydrogens (tertiary/aromatic N) is 1. The second-order valence-electron chi connectivity index (χ2n) is 4.72. The highest BCUT2D eigenvalue weighted by atomic mass is 79.9. The number of pyridine rings is 1. The molecular formula is C16H19BrN2O. The molecule has 1 N–H and O–H groups in total. The maximum absolute atomic E-state index is 5.62. The Labute approximate surface area is 128 Å². The van der Waals surface area contributed by atoms with Gasteiger partial charge in [-0.3, -0.25) is 4.98 Å². The Balaban J connectivity index is 2.59. The molecule has 0 aliphatic rings. The van der Waals surface area contributed by atoms with E-state index in [1.807, 2.05) is 19.2 Å². The summed E-state index contributed by atoms with van der Waals surface area (Å²) in [6.07, 6.45) is 1.80. The average Bonchev–Trinajstić information content (AvgIpc) is 2.45. The number of rotatable bonds is 4. The molecule has 1 aromatic carbocycles. The van der Waals surface area contributed by atoms with Gasteiger partial charge >= 0.3 is 0 Å². The molecule has 106 valence electrons. The fourth-order valence-electron chi connectivity index (χ4n) is 2.36. The highest BCUT2D eigenvalue weighted by molar-refractivity contribution is 9.10. The number of hydrogen-bond donors (Lipinski definition) is 1. The first-order chi connectivity index (χ1) is 9.60. The Hall–Kier alpha value is -1.39. The molecule has 2 aromatic rings. The Morgan fingerprint density at radius 1 is 1.25 bits per heavy atom. The first kappa shape index (κ1) is 15.0. The maximum Gasteiger partial charge on any atom is 0.127 e. The van der Waals surface area contributed by atoms with Crippen molar-refractivity contribution in [2.45, 2.75) is 19.9 Å². The summed E-state index contributed by atoms with van der Waals surface area (Å²) in [6, 6.07) is 8.12. The summed E-state index contributed by atoms with van der Waals surface area (Å²) in [7, 11) is 3.64. The molecule has 0 radical (unpaired) electrons. The van der Waals surface area contributed by atoms with E-state index in [1.54, 1.807) is 13.3 Å². The third kappa shape index (κ3) is 2.72. The van der Waals surface area contributed by atoms with Gasteiger partial charge in [-0.05, 0) is 60.1 Å². The molecule has 0 bridgehead atoms. The van der Waals surface area contributed by atoms with E-state index in [0.717, 1.165) is 27.0 Å². The van der Waals surface area contributed by atoms with Gasteiger partial charge in [-0.1, -0.05) is 12.1 Å². The summed E-state index contributed by atoms with van der Waals surface area (Å²) in [6.45, 7) is 4.17. The van der Waals surface area contributed by atoms with Gasteiger partial charge in [0, 0.05) is 16.2 Å². The summed E-state index contributed by atoms with van der Waals surface area (Å²) >= 11 is 3.57. The van der Waals surface area contributed by atoms with Crippen molar-refractivity contribution < 1.29 is 4.74 Å². The highest BCUT2D eigenvalue weighted by Gasteiger charge is 2.21. The van der Waals surface area contributed by atoms with Crippen molar-refractivity contribution in [1.29, 1.82) is 0 Å². The van der Waals surface area contributed by atoms with Crippen molar-refractivity contribution in [3.05, 3.63) is 57.3 Å². The van der Waals surface area contributed by atoms with E-state index in [4.69, 9.17) is 4.74 Å². The van der Waals surface area contributed by atoms with Gasteiger partial charge < -0.3 is 10.1 Å². The van der Waals surface area contributed by atoms with E-state index in [9.17, 15) is 0 Å². The lowest BCUT2D eigenvalue weighted by Crippen LogP contribution is -2.20. The maximum atomic E-state index is 5.62. The van der Waals surface area contributed by atoms with Gasteiger partial charge in [0.05, 0.1) is 18.8 Å². The van der Waals surface area contributed by atoms with E-state index in [1.165, 1.54) is 5.56 Å². The molecule has 0 fully saturated rings. The quantitative estimate of drug-likeness (QED) is 0.923. The zero-order valence-corrected chi connectivity index (χ0v) is 13.8. The van der Waals surface area contributed by atoms with E-state index in [2.05, 4.69) is 52.2 Å². The van der Waals surface area contributed by atoms with Gasteiger partial charge in [-0.15, -0.1) is 0 Å². The number of methoxy groups -OCH3 is 1. The summed E-state index contributed by atoms with van der Waals surface area (Å²) in [4.78, 5) is 4.49. The van der Waals surface area contributed by atoms with Crippen LogP contribution >= 0.6 is 15.9 Å². The Morgan fingerprint density at radius 3 is 2.60 bits per heavy atom. The van der Waals surface area contributed by atoms with E-state index >= 15 is 0 Å². The molecular weight excluding hydrogens is 316 g/mol. The fraction of sp³-hybridized carbons (Fsp3) is 0.312. The van der Waals surface area contributed by atoms with E-state index in [-0.39, 0.29) is 6.04 Å². The second kappa shape index (κ2) is 6.37. The van der Waals surface area contributed by atoms with Crippen LogP contribution in [-0.2, 0) is 0 Å². The summed E-state index contributed by atoms with van der Waals surface area (Å²) < 4.78 is 6.60. The van der Waals surface area contributed by atoms with Gasteiger partial charge in [0.15, 0.2) is 0 Å². The predicted octanol–water partition coefficient (Wildman–Crippen LogP) is 3.78. The van der Waals surface area contributed by atoms with Crippen molar-refractivity contribution in [3.63, 3.8) is 0 Å². The Kier molecular flexibility index (Phi) is 4.78. The molecule has 4 heteroatoms. The molecule has 1 heterocycles. The monoisotopic (exact) mass is 334 g/mol. The third-order valence-corrected chi connectivity index (χ3v) is 4.24. The van der Waals surface area contributed by atoms with Gasteiger partial charge in [0.2, 0.25) is 0 Å². The molecule has 0 amide bonds. The SMILES string of the molecule is CNC(c1ccc(C)c(C)c1OC)c1ncccc1Br. The van der Waals surface area contributed by atoms with Crippen LogP contribution in [0.25, 0.3) is 0 Å². The number of aromatic nitrogens is 1. The predicted molar refractivity (Wildman–Crippen MR) is 85.3 cm³/mol. The normalized spacial score (nSPS) is 12.2. The number of nitrogens with one attached hydrogen (secondary N) is 1. The Morgan fingerprint density at radius 2 is 2.00 bits per heavy atom. The lowest BCUT2D eigenvalue weighted by Gasteiger charge is -2.22. The molecule has 1 atom stereocenters. The molecule has 0 saturated carbocycles. The van der Waals surface area contributed by atoms with Crippen LogP contribution in [0, 0.1) is 13.8 Å². The van der Waals surface area contributed by atoms with Gasteiger partial charge in [-0.2, -0.15) is 0 Å². The number of hydrogen-bond acceptors (Lipinski definition) is 3. The van der Waals surface area contributed by atoms with Crippen LogP contribution in [0.4, 0.5) is 0 Å². The minimum atomic E-state index is -0.0141. The molecule has 2 rings (SSSR count). The van der Waals surface area contributed by atoms with Crippen LogP contribution in [0.1, 0.15) is 28.4 Å². The summed E-state index contributed by atoms with van der Waals surface area (Å²) in [5, 5.41) is 3.32. The molecule has 20 heavy (non-hydrogen) atoms. The summed E-state index contributed by atoms with van der Waals surface area (Å²) in [5.41, 5.74) is 4.44. The molecule has 0 aliphatic heterocycles. The van der Waals surface area contributed by atoms with E-state index in [0.29, 0.717) is 0 Å². The first-order valence-electron chi connectivity index (χ1n) is 6.52. The minimum Gasteiger partial charge on any atom is -0.496 e. The number of aryl methyl sites for hydroxylation is 1. The largest absolute Gasteiger partial charge is 0.496 e. The van der Waals surface area contributed by atoms with Crippen molar-refractivity contribution in [3.8, 4) is 5.75 Å². The topological polar surface area (TPSA) is 34.1 Å². The zero-order valence-electron chi connectivity index (χ0n) is 12.2. The van der Waals surface area contributed by atoms with Crippen molar-refractivity contribution in [1.82, 2.24) is 10.3 Å². The number of benzene rings is 1. The average molecular weight is 335 g/mol. The van der Waals surface area contributed by atoms with Crippen LogP contribution in [0.15, 0.2) is 34.9 Å². The molecule has 0 spiro atoms. The number of halogens is 1. The lowest BCUT2D eigenvalue weighted by molar-refractivity contribution is 0.401. The molecule has 3 nitrogen and oxygen atoms in total. The van der Waals surface area contributed by atoms with Crippen LogP contribution in [0.2, 0.25) is 0 Å². The van der Waals surface area contributed by atoms with Crippen molar-refractivity contribution in [2.24, 2.45) is 0 Å². The van der Waals surface area contributed by atoms with Crippen LogP contribution in [-0.4, -0.2) is 19.1 Å². The first-order valence-corrected chi connectivity index (χ1v) is 7.31. The molecule has 0 aliphatic carbocycles.